The van der Waals surface area contributed by atoms with E-state index in [-0.39, 0.29) is 5.76 Å². The summed E-state index contributed by atoms with van der Waals surface area (Å²) in [6.45, 7) is 0. The van der Waals surface area contributed by atoms with Gasteiger partial charge < -0.3 is 9.52 Å². The monoisotopic (exact) mass is 320 g/mol. The van der Waals surface area contributed by atoms with Crippen molar-refractivity contribution in [3.8, 4) is 11.3 Å². The number of halogens is 1. The Labute approximate surface area is 117 Å². The first-order valence-electron chi connectivity index (χ1n) is 5.36. The second-order valence-electron chi connectivity index (χ2n) is 3.72. The highest BCUT2D eigenvalue weighted by Gasteiger charge is 2.09. The van der Waals surface area contributed by atoms with Crippen molar-refractivity contribution in [2.24, 2.45) is 0 Å². The average molecular weight is 321 g/mol. The van der Waals surface area contributed by atoms with Crippen molar-refractivity contribution in [1.82, 2.24) is 0 Å². The third kappa shape index (κ3) is 3.20. The molecule has 0 unspecified atom stereocenters. The molecule has 1 aromatic heterocycles. The van der Waals surface area contributed by atoms with Crippen LogP contribution in [0.4, 0.5) is 0 Å². The number of carboxylic acid groups (broad SMARTS) is 1. The molecule has 4 nitrogen and oxygen atoms in total. The zero-order valence-corrected chi connectivity index (χ0v) is 11.3. The lowest BCUT2D eigenvalue weighted by Gasteiger charge is -2.03. The van der Waals surface area contributed by atoms with Gasteiger partial charge in [-0.15, -0.1) is 0 Å². The Bertz CT molecular complexity index is 655. The molecule has 1 heterocycles. The van der Waals surface area contributed by atoms with Crippen LogP contribution in [0.15, 0.2) is 45.3 Å². The van der Waals surface area contributed by atoms with E-state index >= 15 is 0 Å². The van der Waals surface area contributed by atoms with E-state index in [4.69, 9.17) is 9.52 Å². The van der Waals surface area contributed by atoms with E-state index in [2.05, 4.69) is 15.9 Å². The Morgan fingerprint density at radius 2 is 2.05 bits per heavy atom. The van der Waals surface area contributed by atoms with Gasteiger partial charge in [0.05, 0.1) is 0 Å². The summed E-state index contributed by atoms with van der Waals surface area (Å²) in [5.74, 6) is -0.293. The van der Waals surface area contributed by atoms with Gasteiger partial charge in [-0.1, -0.05) is 22.0 Å². The summed E-state index contributed by atoms with van der Waals surface area (Å²) in [7, 11) is 0. The fourth-order valence-electron chi connectivity index (χ4n) is 1.61. The minimum absolute atomic E-state index is 0.225. The standard InChI is InChI=1S/C14H9BrO4/c15-10-3-1-9(2-6-14(17)18)12(7-10)13-5-4-11(8-16)19-13/h1-8H,(H,17,18). The zero-order chi connectivity index (χ0) is 13.8. The van der Waals surface area contributed by atoms with Crippen LogP contribution in [0.25, 0.3) is 17.4 Å². The molecule has 19 heavy (non-hydrogen) atoms. The van der Waals surface area contributed by atoms with E-state index in [9.17, 15) is 9.59 Å². The SMILES string of the molecule is O=Cc1ccc(-c2cc(Br)ccc2C=CC(=O)O)o1. The molecule has 5 heteroatoms. The van der Waals surface area contributed by atoms with Crippen molar-refractivity contribution in [3.05, 3.63) is 52.2 Å². The molecule has 1 aromatic carbocycles. The Morgan fingerprint density at radius 3 is 2.68 bits per heavy atom. The Kier molecular flexibility index (Phi) is 3.97. The Morgan fingerprint density at radius 1 is 1.26 bits per heavy atom. The fourth-order valence-corrected chi connectivity index (χ4v) is 1.97. The van der Waals surface area contributed by atoms with Crippen molar-refractivity contribution in [1.29, 1.82) is 0 Å². The molecule has 0 bridgehead atoms. The molecule has 0 saturated heterocycles. The minimum atomic E-state index is -1.03. The van der Waals surface area contributed by atoms with Gasteiger partial charge in [-0.25, -0.2) is 4.79 Å². The van der Waals surface area contributed by atoms with Gasteiger partial charge in [0.2, 0.25) is 0 Å². The highest BCUT2D eigenvalue weighted by Crippen LogP contribution is 2.29. The van der Waals surface area contributed by atoms with Gasteiger partial charge in [-0.05, 0) is 35.9 Å². The number of carbonyl (C=O) groups is 2. The van der Waals surface area contributed by atoms with Gasteiger partial charge in [0, 0.05) is 16.1 Å². The Balaban J connectivity index is 2.50. The maximum atomic E-state index is 10.6. The molecule has 0 aliphatic rings. The highest BCUT2D eigenvalue weighted by molar-refractivity contribution is 9.10. The number of aldehydes is 1. The smallest absolute Gasteiger partial charge is 0.328 e. The van der Waals surface area contributed by atoms with E-state index < -0.39 is 5.97 Å². The van der Waals surface area contributed by atoms with Crippen LogP contribution in [0, 0.1) is 0 Å². The first-order valence-corrected chi connectivity index (χ1v) is 6.15. The summed E-state index contributed by atoms with van der Waals surface area (Å²) in [5, 5.41) is 8.67. The van der Waals surface area contributed by atoms with Crippen molar-refractivity contribution in [2.75, 3.05) is 0 Å². The number of aliphatic carboxylic acids is 1. The van der Waals surface area contributed by atoms with E-state index in [0.29, 0.717) is 23.2 Å². The molecule has 0 aliphatic heterocycles. The summed E-state index contributed by atoms with van der Waals surface area (Å²) < 4.78 is 6.18. The quantitative estimate of drug-likeness (QED) is 0.690. The largest absolute Gasteiger partial charge is 0.478 e. The lowest BCUT2D eigenvalue weighted by atomic mass is 10.0. The predicted octanol–water partition coefficient (Wildman–Crippen LogP) is 3.62. The summed E-state index contributed by atoms with van der Waals surface area (Å²) in [6, 6.07) is 8.60. The number of hydrogen-bond acceptors (Lipinski definition) is 3. The van der Waals surface area contributed by atoms with Gasteiger partial charge in [0.15, 0.2) is 12.0 Å². The van der Waals surface area contributed by atoms with E-state index in [0.717, 1.165) is 10.5 Å². The van der Waals surface area contributed by atoms with Gasteiger partial charge in [-0.3, -0.25) is 4.79 Å². The first kappa shape index (κ1) is 13.3. The number of hydrogen-bond donors (Lipinski definition) is 1. The van der Waals surface area contributed by atoms with Crippen LogP contribution in [-0.4, -0.2) is 17.4 Å². The van der Waals surface area contributed by atoms with Crippen LogP contribution < -0.4 is 0 Å². The lowest BCUT2D eigenvalue weighted by molar-refractivity contribution is -0.131. The van der Waals surface area contributed by atoms with Gasteiger partial charge in [-0.2, -0.15) is 0 Å². The van der Waals surface area contributed by atoms with Crippen molar-refractivity contribution in [3.63, 3.8) is 0 Å². The van der Waals surface area contributed by atoms with E-state index in [1.54, 1.807) is 30.3 Å². The second-order valence-corrected chi connectivity index (χ2v) is 4.64. The third-order valence-electron chi connectivity index (χ3n) is 2.43. The molecule has 2 rings (SSSR count). The maximum Gasteiger partial charge on any atom is 0.328 e. The number of rotatable bonds is 4. The van der Waals surface area contributed by atoms with E-state index in [1.807, 2.05) is 0 Å². The normalized spacial score (nSPS) is 10.8. The summed E-state index contributed by atoms with van der Waals surface area (Å²) in [4.78, 5) is 21.2. The molecular weight excluding hydrogens is 312 g/mol. The molecule has 0 fully saturated rings. The summed E-state index contributed by atoms with van der Waals surface area (Å²) in [5.41, 5.74) is 1.40. The lowest BCUT2D eigenvalue weighted by Crippen LogP contribution is -1.87. The minimum Gasteiger partial charge on any atom is -0.478 e. The molecule has 1 N–H and O–H groups in total. The van der Waals surface area contributed by atoms with Crippen LogP contribution in [0.3, 0.4) is 0 Å². The molecular formula is C14H9BrO4. The molecule has 0 saturated carbocycles. The molecule has 0 amide bonds. The number of carbonyl (C=O) groups excluding carboxylic acids is 1. The molecule has 0 radical (unpaired) electrons. The van der Waals surface area contributed by atoms with Crippen LogP contribution in [0.1, 0.15) is 16.1 Å². The summed E-state index contributed by atoms with van der Waals surface area (Å²) >= 11 is 3.35. The van der Waals surface area contributed by atoms with Crippen LogP contribution >= 0.6 is 15.9 Å². The molecule has 0 spiro atoms. The third-order valence-corrected chi connectivity index (χ3v) is 2.92. The van der Waals surface area contributed by atoms with Gasteiger partial charge in [0.1, 0.15) is 5.76 Å². The Hall–Kier alpha value is -2.14. The van der Waals surface area contributed by atoms with Crippen LogP contribution in [-0.2, 0) is 4.79 Å². The van der Waals surface area contributed by atoms with Crippen molar-refractivity contribution in [2.45, 2.75) is 0 Å². The van der Waals surface area contributed by atoms with Crippen LogP contribution in [0.5, 0.6) is 0 Å². The highest BCUT2D eigenvalue weighted by atomic mass is 79.9. The number of furan rings is 1. The maximum absolute atomic E-state index is 10.6. The number of carboxylic acids is 1. The van der Waals surface area contributed by atoms with E-state index in [1.165, 1.54) is 6.08 Å². The van der Waals surface area contributed by atoms with Gasteiger partial charge >= 0.3 is 5.97 Å². The topological polar surface area (TPSA) is 67.5 Å². The summed E-state index contributed by atoms with van der Waals surface area (Å²) in [6.07, 6.45) is 3.15. The predicted molar refractivity (Wildman–Crippen MR) is 73.9 cm³/mol. The van der Waals surface area contributed by atoms with Gasteiger partial charge in [0.25, 0.3) is 0 Å². The second kappa shape index (κ2) is 5.67. The number of benzene rings is 1. The molecule has 0 aliphatic carbocycles. The average Bonchev–Trinajstić information content (AvgIpc) is 2.85. The fraction of sp³-hybridized carbons (Fsp3) is 0. The van der Waals surface area contributed by atoms with Crippen LogP contribution in [0.2, 0.25) is 0 Å². The van der Waals surface area contributed by atoms with Crippen molar-refractivity contribution >= 4 is 34.3 Å². The molecule has 96 valence electrons. The first-order chi connectivity index (χ1) is 9.10. The zero-order valence-electron chi connectivity index (χ0n) is 9.67. The molecule has 0 atom stereocenters. The van der Waals surface area contributed by atoms with Crippen molar-refractivity contribution < 1.29 is 19.1 Å². The molecule has 2 aromatic rings.